The van der Waals surface area contributed by atoms with Gasteiger partial charge in [0.05, 0.1) is 26.4 Å². The summed E-state index contributed by atoms with van der Waals surface area (Å²) in [5, 5.41) is 32.1. The smallest absolute Gasteiger partial charge is 0.337 e. The fourth-order valence-electron chi connectivity index (χ4n) is 2.71. The molecule has 1 amide bonds. The number of rotatable bonds is 6. The Morgan fingerprint density at radius 1 is 1.19 bits per heavy atom. The minimum Gasteiger partial charge on any atom is -0.493 e. The molecule has 1 aliphatic rings. The van der Waals surface area contributed by atoms with Crippen molar-refractivity contribution in [2.75, 3.05) is 20.8 Å². The number of hydrogen-bond donors (Lipinski definition) is 4. The zero-order valence-electron chi connectivity index (χ0n) is 15.1. The molecule has 1 saturated heterocycles. The minimum absolute atomic E-state index is 0.158. The fraction of sp³-hybridized carbons (Fsp3) is 0.529. The van der Waals surface area contributed by atoms with Crippen molar-refractivity contribution in [1.82, 2.24) is 5.32 Å². The molecule has 2 rings (SSSR count). The van der Waals surface area contributed by atoms with Crippen LogP contribution in [-0.2, 0) is 14.3 Å². The number of carbonyl (C=O) groups excluding carboxylic acids is 2. The second-order valence-corrected chi connectivity index (χ2v) is 5.91. The number of ether oxygens (including phenoxy) is 4. The first kappa shape index (κ1) is 20.9. The Morgan fingerprint density at radius 3 is 2.44 bits per heavy atom. The molecular weight excluding hydrogens is 362 g/mol. The van der Waals surface area contributed by atoms with Crippen LogP contribution < -0.4 is 14.8 Å². The lowest BCUT2D eigenvalue weighted by molar-refractivity contribution is -0.244. The van der Waals surface area contributed by atoms with Gasteiger partial charge in [-0.15, -0.1) is 0 Å². The van der Waals surface area contributed by atoms with Crippen molar-refractivity contribution < 1.29 is 43.9 Å². The normalized spacial score (nSPS) is 27.6. The summed E-state index contributed by atoms with van der Waals surface area (Å²) in [5.41, 5.74) is 0.230. The number of aliphatic hydroxyl groups is 3. The van der Waals surface area contributed by atoms with Crippen molar-refractivity contribution in [2.45, 2.75) is 37.6 Å². The van der Waals surface area contributed by atoms with Crippen LogP contribution in [0.5, 0.6) is 11.5 Å². The second-order valence-electron chi connectivity index (χ2n) is 5.91. The monoisotopic (exact) mass is 385 g/mol. The van der Waals surface area contributed by atoms with E-state index >= 15 is 0 Å². The maximum absolute atomic E-state index is 11.6. The molecule has 0 spiro atoms. The summed E-state index contributed by atoms with van der Waals surface area (Å²) in [6.45, 7) is 0.670. The summed E-state index contributed by atoms with van der Waals surface area (Å²) >= 11 is 0. The van der Waals surface area contributed by atoms with Crippen molar-refractivity contribution in [2.24, 2.45) is 0 Å². The van der Waals surface area contributed by atoms with Crippen molar-refractivity contribution in [3.63, 3.8) is 0 Å². The molecular formula is C17H23NO9. The van der Waals surface area contributed by atoms with Crippen molar-refractivity contribution >= 4 is 11.9 Å². The third-order valence-corrected chi connectivity index (χ3v) is 4.08. The summed E-state index contributed by atoms with van der Waals surface area (Å²) in [6, 6.07) is 3.16. The van der Waals surface area contributed by atoms with E-state index < -0.39 is 49.1 Å². The third-order valence-electron chi connectivity index (χ3n) is 4.08. The largest absolute Gasteiger partial charge is 0.493 e. The molecule has 27 heavy (non-hydrogen) atoms. The molecule has 10 heteroatoms. The molecule has 150 valence electrons. The zero-order chi connectivity index (χ0) is 20.1. The van der Waals surface area contributed by atoms with Crippen LogP contribution in [0.1, 0.15) is 17.3 Å². The van der Waals surface area contributed by atoms with Crippen LogP contribution in [-0.4, -0.2) is 78.7 Å². The standard InChI is InChI=1S/C17H23NO9/c1-8(20)18-13-15(22)14(21)12(7-19)27-17(13)26-10-5-4-9(16(23)25-3)6-11(10)24-2/h4-6,12-15,17,19,21-22H,7H2,1-3H3,(H,18,20)/t12-,13-,14+,15-,17-/m1/s1. The lowest BCUT2D eigenvalue weighted by Crippen LogP contribution is -2.65. The number of hydrogen-bond acceptors (Lipinski definition) is 9. The molecule has 0 radical (unpaired) electrons. The quantitative estimate of drug-likeness (QED) is 0.444. The minimum atomic E-state index is -1.44. The van der Waals surface area contributed by atoms with Gasteiger partial charge in [-0.2, -0.15) is 0 Å². The summed E-state index contributed by atoms with van der Waals surface area (Å²) < 4.78 is 21.1. The molecule has 0 unspecified atom stereocenters. The van der Waals surface area contributed by atoms with Gasteiger partial charge in [0, 0.05) is 6.92 Å². The molecule has 1 aromatic rings. The third kappa shape index (κ3) is 4.66. The SMILES string of the molecule is COC(=O)c1ccc(O[C@@H]2O[C@H](CO)[C@H](O)[C@H](O)[C@H]2NC(C)=O)c(OC)c1. The lowest BCUT2D eigenvalue weighted by Gasteiger charge is -2.42. The van der Waals surface area contributed by atoms with E-state index in [0.717, 1.165) is 0 Å². The van der Waals surface area contributed by atoms with Crippen LogP contribution in [0.25, 0.3) is 0 Å². The first-order chi connectivity index (χ1) is 12.8. The summed E-state index contributed by atoms with van der Waals surface area (Å²) in [4.78, 5) is 23.1. The average Bonchev–Trinajstić information content (AvgIpc) is 2.66. The molecule has 4 N–H and O–H groups in total. The highest BCUT2D eigenvalue weighted by atomic mass is 16.7. The van der Waals surface area contributed by atoms with Gasteiger partial charge in [-0.25, -0.2) is 4.79 Å². The van der Waals surface area contributed by atoms with E-state index in [1.807, 2.05) is 0 Å². The number of esters is 1. The Kier molecular flexibility index (Phi) is 6.97. The summed E-state index contributed by atoms with van der Waals surface area (Å²) in [6.07, 6.45) is -5.21. The molecule has 0 saturated carbocycles. The fourth-order valence-corrected chi connectivity index (χ4v) is 2.71. The van der Waals surface area contributed by atoms with Gasteiger partial charge < -0.3 is 39.6 Å². The average molecular weight is 385 g/mol. The lowest BCUT2D eigenvalue weighted by atomic mass is 9.97. The van der Waals surface area contributed by atoms with Gasteiger partial charge in [-0.05, 0) is 18.2 Å². The van der Waals surface area contributed by atoms with Gasteiger partial charge in [-0.3, -0.25) is 4.79 Å². The van der Waals surface area contributed by atoms with E-state index in [1.54, 1.807) is 0 Å². The zero-order valence-corrected chi connectivity index (χ0v) is 15.1. The highest BCUT2D eigenvalue weighted by Gasteiger charge is 2.46. The van der Waals surface area contributed by atoms with Gasteiger partial charge in [-0.1, -0.05) is 0 Å². The number of benzene rings is 1. The van der Waals surface area contributed by atoms with E-state index in [2.05, 4.69) is 10.1 Å². The van der Waals surface area contributed by atoms with Gasteiger partial charge in [0.25, 0.3) is 0 Å². The summed E-state index contributed by atoms with van der Waals surface area (Å²) in [5.74, 6) is -0.697. The van der Waals surface area contributed by atoms with E-state index in [0.29, 0.717) is 0 Å². The van der Waals surface area contributed by atoms with Crippen LogP contribution in [0.15, 0.2) is 18.2 Å². The van der Waals surface area contributed by atoms with Gasteiger partial charge >= 0.3 is 5.97 Å². The van der Waals surface area contributed by atoms with Crippen LogP contribution in [0, 0.1) is 0 Å². The number of carbonyl (C=O) groups is 2. The molecule has 0 aliphatic carbocycles. The Morgan fingerprint density at radius 2 is 1.89 bits per heavy atom. The molecule has 0 bridgehead atoms. The highest BCUT2D eigenvalue weighted by Crippen LogP contribution is 2.32. The van der Waals surface area contributed by atoms with Crippen molar-refractivity contribution in [1.29, 1.82) is 0 Å². The Hall–Kier alpha value is -2.40. The molecule has 1 fully saturated rings. The van der Waals surface area contributed by atoms with Crippen molar-refractivity contribution in [3.8, 4) is 11.5 Å². The number of aliphatic hydroxyl groups excluding tert-OH is 3. The first-order valence-electron chi connectivity index (χ1n) is 8.15. The Balaban J connectivity index is 2.30. The first-order valence-corrected chi connectivity index (χ1v) is 8.15. The number of nitrogens with one attached hydrogen (secondary N) is 1. The van der Waals surface area contributed by atoms with Gasteiger partial charge in [0.2, 0.25) is 12.2 Å². The molecule has 10 nitrogen and oxygen atoms in total. The Bertz CT molecular complexity index is 680. The predicted molar refractivity (Wildman–Crippen MR) is 90.3 cm³/mol. The molecule has 1 aliphatic heterocycles. The van der Waals surface area contributed by atoms with Crippen LogP contribution in [0.3, 0.4) is 0 Å². The van der Waals surface area contributed by atoms with Crippen LogP contribution in [0.4, 0.5) is 0 Å². The maximum atomic E-state index is 11.6. The van der Waals surface area contributed by atoms with E-state index in [-0.39, 0.29) is 17.1 Å². The second kappa shape index (κ2) is 9.00. The topological polar surface area (TPSA) is 144 Å². The number of methoxy groups -OCH3 is 2. The molecule has 1 heterocycles. The Labute approximate surface area is 155 Å². The van der Waals surface area contributed by atoms with E-state index in [9.17, 15) is 24.9 Å². The molecule has 5 atom stereocenters. The highest BCUT2D eigenvalue weighted by molar-refractivity contribution is 5.90. The van der Waals surface area contributed by atoms with E-state index in [1.165, 1.54) is 39.3 Å². The van der Waals surface area contributed by atoms with Crippen molar-refractivity contribution in [3.05, 3.63) is 23.8 Å². The van der Waals surface area contributed by atoms with E-state index in [4.69, 9.17) is 14.2 Å². The molecule has 0 aromatic heterocycles. The van der Waals surface area contributed by atoms with Gasteiger partial charge in [0.1, 0.15) is 24.4 Å². The van der Waals surface area contributed by atoms with Gasteiger partial charge in [0.15, 0.2) is 11.5 Å². The maximum Gasteiger partial charge on any atom is 0.337 e. The number of amides is 1. The predicted octanol–water partition coefficient (Wildman–Crippen LogP) is -1.20. The molecule has 1 aromatic carbocycles. The van der Waals surface area contributed by atoms with Crippen LogP contribution in [0.2, 0.25) is 0 Å². The summed E-state index contributed by atoms with van der Waals surface area (Å²) in [7, 11) is 2.61. The van der Waals surface area contributed by atoms with Crippen LogP contribution >= 0.6 is 0 Å².